The van der Waals surface area contributed by atoms with Gasteiger partial charge in [-0.05, 0) is 13.0 Å². The van der Waals surface area contributed by atoms with Gasteiger partial charge in [0.25, 0.3) is 0 Å². The van der Waals surface area contributed by atoms with Crippen LogP contribution in [0, 0.1) is 0 Å². The molecule has 1 heterocycles. The fourth-order valence-electron chi connectivity index (χ4n) is 2.20. The molecule has 0 saturated carbocycles. The molecule has 0 aromatic rings. The molecule has 2 amide bonds. The summed E-state index contributed by atoms with van der Waals surface area (Å²) in [6, 6.07) is -0.295. The molecular weight excluding hydrogens is 260 g/mol. The molecule has 0 aliphatic carbocycles. The van der Waals surface area contributed by atoms with Gasteiger partial charge in [-0.15, -0.1) is 0 Å². The van der Waals surface area contributed by atoms with Gasteiger partial charge in [0.2, 0.25) is 11.8 Å². The Balaban J connectivity index is 2.41. The maximum absolute atomic E-state index is 12.0. The van der Waals surface area contributed by atoms with Gasteiger partial charge in [0.1, 0.15) is 6.04 Å². The van der Waals surface area contributed by atoms with Crippen molar-refractivity contribution in [2.45, 2.75) is 18.9 Å². The smallest absolute Gasteiger partial charge is 0.239 e. The van der Waals surface area contributed by atoms with Crippen molar-refractivity contribution in [1.29, 1.82) is 0 Å². The minimum Gasteiger partial charge on any atom is -0.378 e. The zero-order valence-corrected chi connectivity index (χ0v) is 12.4. The molecule has 3 N–H and O–H groups in total. The van der Waals surface area contributed by atoms with Crippen molar-refractivity contribution in [3.63, 3.8) is 0 Å². The van der Waals surface area contributed by atoms with E-state index < -0.39 is 0 Å². The first-order valence-electron chi connectivity index (χ1n) is 7.07. The van der Waals surface area contributed by atoms with E-state index in [2.05, 4.69) is 5.32 Å². The van der Waals surface area contributed by atoms with Crippen molar-refractivity contribution < 1.29 is 14.3 Å². The second kappa shape index (κ2) is 8.89. The Bertz CT molecular complexity index is 325. The van der Waals surface area contributed by atoms with E-state index in [-0.39, 0.29) is 17.9 Å². The van der Waals surface area contributed by atoms with E-state index in [0.29, 0.717) is 45.8 Å². The monoisotopic (exact) mass is 286 g/mol. The van der Waals surface area contributed by atoms with Crippen LogP contribution in [0.5, 0.6) is 0 Å². The molecule has 1 atom stereocenters. The normalized spacial score (nSPS) is 19.6. The third-order valence-corrected chi connectivity index (χ3v) is 3.52. The Morgan fingerprint density at radius 3 is 2.90 bits per heavy atom. The Hall–Kier alpha value is -1.18. The third-order valence-electron chi connectivity index (χ3n) is 3.52. The van der Waals surface area contributed by atoms with E-state index in [1.165, 1.54) is 0 Å². The fourth-order valence-corrected chi connectivity index (χ4v) is 2.20. The maximum Gasteiger partial charge on any atom is 0.239 e. The van der Waals surface area contributed by atoms with E-state index in [9.17, 15) is 9.59 Å². The average Bonchev–Trinajstić information content (AvgIpc) is 2.49. The Labute approximate surface area is 120 Å². The molecule has 116 valence electrons. The summed E-state index contributed by atoms with van der Waals surface area (Å²) in [5, 5.41) is 2.63. The number of hydrogen-bond acceptors (Lipinski definition) is 5. The summed E-state index contributed by atoms with van der Waals surface area (Å²) in [4.78, 5) is 27.4. The summed E-state index contributed by atoms with van der Waals surface area (Å²) in [7, 11) is 3.40. The van der Waals surface area contributed by atoms with Gasteiger partial charge < -0.3 is 20.7 Å². The molecule has 1 saturated heterocycles. The minimum atomic E-state index is -0.295. The van der Waals surface area contributed by atoms with Gasteiger partial charge in [-0.25, -0.2) is 0 Å². The van der Waals surface area contributed by atoms with Gasteiger partial charge in [-0.1, -0.05) is 0 Å². The summed E-state index contributed by atoms with van der Waals surface area (Å²) in [5.41, 5.74) is 5.43. The molecule has 0 radical (unpaired) electrons. The number of hydrogen-bond donors (Lipinski definition) is 2. The first-order chi connectivity index (χ1) is 9.60. The van der Waals surface area contributed by atoms with E-state index in [0.717, 1.165) is 6.42 Å². The van der Waals surface area contributed by atoms with Crippen LogP contribution in [0.4, 0.5) is 0 Å². The number of nitrogens with one attached hydrogen (secondary N) is 1. The van der Waals surface area contributed by atoms with Crippen molar-refractivity contribution in [3.05, 3.63) is 0 Å². The zero-order chi connectivity index (χ0) is 15.0. The van der Waals surface area contributed by atoms with Crippen molar-refractivity contribution in [2.24, 2.45) is 5.73 Å². The van der Waals surface area contributed by atoms with E-state index >= 15 is 0 Å². The number of rotatable bonds is 7. The van der Waals surface area contributed by atoms with Crippen LogP contribution < -0.4 is 11.1 Å². The van der Waals surface area contributed by atoms with Crippen LogP contribution in [-0.2, 0) is 14.3 Å². The highest BCUT2D eigenvalue weighted by molar-refractivity contribution is 5.82. The Kier molecular flexibility index (Phi) is 7.50. The molecule has 0 spiro atoms. The Morgan fingerprint density at radius 2 is 2.25 bits per heavy atom. The SMILES string of the molecule is CNC(=O)C1COCCN1CCC(=O)N(C)CCCN. The molecule has 0 aromatic heterocycles. The summed E-state index contributed by atoms with van der Waals surface area (Å²) in [6.45, 7) is 3.50. The molecule has 1 aliphatic heterocycles. The standard InChI is InChI=1S/C13H26N4O3/c1-15-13(19)11-10-20-9-8-17(11)7-4-12(18)16(2)6-3-5-14/h11H,3-10,14H2,1-2H3,(H,15,19). The van der Waals surface area contributed by atoms with Gasteiger partial charge in [0.15, 0.2) is 0 Å². The first-order valence-corrected chi connectivity index (χ1v) is 7.07. The number of carbonyl (C=O) groups excluding carboxylic acids is 2. The number of likely N-dealkylation sites (N-methyl/N-ethyl adjacent to an activating group) is 1. The molecule has 1 fully saturated rings. The number of carbonyl (C=O) groups is 2. The number of nitrogens with zero attached hydrogens (tertiary/aromatic N) is 2. The van der Waals surface area contributed by atoms with Crippen LogP contribution in [-0.4, -0.2) is 81.1 Å². The lowest BCUT2D eigenvalue weighted by Gasteiger charge is -2.34. The van der Waals surface area contributed by atoms with Gasteiger partial charge in [-0.3, -0.25) is 14.5 Å². The van der Waals surface area contributed by atoms with Gasteiger partial charge in [-0.2, -0.15) is 0 Å². The van der Waals surface area contributed by atoms with Crippen LogP contribution in [0.25, 0.3) is 0 Å². The number of nitrogens with two attached hydrogens (primary N) is 1. The second-order valence-corrected chi connectivity index (χ2v) is 4.95. The van der Waals surface area contributed by atoms with Crippen molar-refractivity contribution in [3.8, 4) is 0 Å². The van der Waals surface area contributed by atoms with Crippen LogP contribution in [0.2, 0.25) is 0 Å². The summed E-state index contributed by atoms with van der Waals surface area (Å²) < 4.78 is 5.33. The molecule has 7 nitrogen and oxygen atoms in total. The van der Waals surface area contributed by atoms with Crippen LogP contribution in [0.15, 0.2) is 0 Å². The highest BCUT2D eigenvalue weighted by atomic mass is 16.5. The lowest BCUT2D eigenvalue weighted by atomic mass is 10.2. The third kappa shape index (κ3) is 5.07. The van der Waals surface area contributed by atoms with Crippen molar-refractivity contribution >= 4 is 11.8 Å². The summed E-state index contributed by atoms with van der Waals surface area (Å²) >= 11 is 0. The largest absolute Gasteiger partial charge is 0.378 e. The molecular formula is C13H26N4O3. The van der Waals surface area contributed by atoms with Gasteiger partial charge in [0.05, 0.1) is 13.2 Å². The van der Waals surface area contributed by atoms with E-state index in [1.54, 1.807) is 19.0 Å². The summed E-state index contributed by atoms with van der Waals surface area (Å²) in [6.07, 6.45) is 1.22. The van der Waals surface area contributed by atoms with E-state index in [1.807, 2.05) is 4.90 Å². The number of ether oxygens (including phenoxy) is 1. The zero-order valence-electron chi connectivity index (χ0n) is 12.4. The van der Waals surface area contributed by atoms with Crippen LogP contribution >= 0.6 is 0 Å². The predicted octanol–water partition coefficient (Wildman–Crippen LogP) is -1.37. The maximum atomic E-state index is 12.0. The van der Waals surface area contributed by atoms with Crippen LogP contribution in [0.3, 0.4) is 0 Å². The van der Waals surface area contributed by atoms with Crippen molar-refractivity contribution in [1.82, 2.24) is 15.1 Å². The highest BCUT2D eigenvalue weighted by Gasteiger charge is 2.28. The first kappa shape index (κ1) is 16.9. The molecule has 20 heavy (non-hydrogen) atoms. The molecule has 7 heteroatoms. The average molecular weight is 286 g/mol. The lowest BCUT2D eigenvalue weighted by Crippen LogP contribution is -2.53. The number of amides is 2. The topological polar surface area (TPSA) is 87.9 Å². The van der Waals surface area contributed by atoms with Crippen LogP contribution in [0.1, 0.15) is 12.8 Å². The molecule has 1 aliphatic rings. The fraction of sp³-hybridized carbons (Fsp3) is 0.846. The van der Waals surface area contributed by atoms with Crippen molar-refractivity contribution in [2.75, 3.05) is 53.5 Å². The molecule has 0 aromatic carbocycles. The highest BCUT2D eigenvalue weighted by Crippen LogP contribution is 2.08. The second-order valence-electron chi connectivity index (χ2n) is 4.95. The lowest BCUT2D eigenvalue weighted by molar-refractivity contribution is -0.135. The predicted molar refractivity (Wildman–Crippen MR) is 76.2 cm³/mol. The minimum absolute atomic E-state index is 0.0614. The molecule has 0 bridgehead atoms. The molecule has 1 unspecified atom stereocenters. The van der Waals surface area contributed by atoms with E-state index in [4.69, 9.17) is 10.5 Å². The van der Waals surface area contributed by atoms with Gasteiger partial charge in [0, 0.05) is 40.2 Å². The van der Waals surface area contributed by atoms with Gasteiger partial charge >= 0.3 is 0 Å². The number of morpholine rings is 1. The molecule has 1 rings (SSSR count). The summed E-state index contributed by atoms with van der Waals surface area (Å²) in [5.74, 6) is 0.0224. The quantitative estimate of drug-likeness (QED) is 0.603. The Morgan fingerprint density at radius 1 is 1.50 bits per heavy atom.